The Kier molecular flexibility index (Phi) is 3.26. The summed E-state index contributed by atoms with van der Waals surface area (Å²) < 4.78 is 5.17. The molecule has 84 valence electrons. The van der Waals surface area contributed by atoms with Gasteiger partial charge in [0.15, 0.2) is 6.29 Å². The number of carbonyl (C=O) groups excluding carboxylic acids is 2. The summed E-state index contributed by atoms with van der Waals surface area (Å²) in [6.45, 7) is 2.36. The van der Waals surface area contributed by atoms with E-state index in [1.807, 2.05) is 0 Å². The Morgan fingerprint density at radius 3 is 2.69 bits per heavy atom. The predicted molar refractivity (Wildman–Crippen MR) is 56.3 cm³/mol. The molecule has 0 atom stereocenters. The summed E-state index contributed by atoms with van der Waals surface area (Å²) in [6.07, 6.45) is 2.09. The van der Waals surface area contributed by atoms with Gasteiger partial charge in [-0.1, -0.05) is 0 Å². The fraction of sp³-hybridized carbons (Fsp3) is 0.364. The average Bonchev–Trinajstić information content (AvgIpc) is 2.39. The average molecular weight is 220 g/mol. The number of nitrogens with zero attached hydrogens (tertiary/aromatic N) is 2. The molecule has 1 aromatic heterocycles. The number of pyridine rings is 1. The van der Waals surface area contributed by atoms with E-state index >= 15 is 0 Å². The number of aldehydes is 1. The molecule has 1 aliphatic rings. The molecule has 0 aromatic carbocycles. The number of amides is 1. The van der Waals surface area contributed by atoms with Crippen LogP contribution in [0, 0.1) is 0 Å². The quantitative estimate of drug-likeness (QED) is 0.675. The number of morpholine rings is 1. The first-order chi connectivity index (χ1) is 7.81. The molecule has 5 nitrogen and oxygen atoms in total. The zero-order chi connectivity index (χ0) is 11.4. The summed E-state index contributed by atoms with van der Waals surface area (Å²) in [5.41, 5.74) is 0.839. The number of ether oxygens (including phenoxy) is 1. The van der Waals surface area contributed by atoms with Crippen LogP contribution in [0.3, 0.4) is 0 Å². The number of aromatic nitrogens is 1. The molecule has 1 aliphatic heterocycles. The van der Waals surface area contributed by atoms with E-state index in [-0.39, 0.29) is 5.91 Å². The van der Waals surface area contributed by atoms with Gasteiger partial charge in [-0.2, -0.15) is 0 Å². The van der Waals surface area contributed by atoms with Crippen LogP contribution in [-0.2, 0) is 4.74 Å². The van der Waals surface area contributed by atoms with Gasteiger partial charge in [0.1, 0.15) is 5.69 Å². The summed E-state index contributed by atoms with van der Waals surface area (Å²) in [6, 6.07) is 3.16. The molecule has 1 fully saturated rings. The van der Waals surface area contributed by atoms with E-state index in [9.17, 15) is 9.59 Å². The largest absolute Gasteiger partial charge is 0.378 e. The fourth-order valence-electron chi connectivity index (χ4n) is 1.55. The van der Waals surface area contributed by atoms with Crippen molar-refractivity contribution in [2.45, 2.75) is 0 Å². The summed E-state index contributed by atoms with van der Waals surface area (Å²) in [5.74, 6) is -0.0618. The molecule has 0 spiro atoms. The van der Waals surface area contributed by atoms with Gasteiger partial charge < -0.3 is 9.64 Å². The summed E-state index contributed by atoms with van der Waals surface area (Å²) in [4.78, 5) is 27.9. The van der Waals surface area contributed by atoms with Crippen molar-refractivity contribution in [2.75, 3.05) is 26.3 Å². The maximum Gasteiger partial charge on any atom is 0.255 e. The lowest BCUT2D eigenvalue weighted by Gasteiger charge is -2.26. The Morgan fingerprint density at radius 1 is 1.38 bits per heavy atom. The van der Waals surface area contributed by atoms with E-state index in [4.69, 9.17) is 4.74 Å². The van der Waals surface area contributed by atoms with Crippen LogP contribution in [0.15, 0.2) is 18.3 Å². The first-order valence-corrected chi connectivity index (χ1v) is 5.09. The number of hydrogen-bond acceptors (Lipinski definition) is 4. The van der Waals surface area contributed by atoms with E-state index in [0.29, 0.717) is 43.8 Å². The lowest BCUT2D eigenvalue weighted by atomic mass is 10.2. The van der Waals surface area contributed by atoms with E-state index in [2.05, 4.69) is 4.98 Å². The van der Waals surface area contributed by atoms with Gasteiger partial charge in [0.05, 0.1) is 18.8 Å². The highest BCUT2D eigenvalue weighted by Gasteiger charge is 2.18. The van der Waals surface area contributed by atoms with Crippen molar-refractivity contribution in [3.63, 3.8) is 0 Å². The molecule has 0 saturated carbocycles. The van der Waals surface area contributed by atoms with Crippen LogP contribution >= 0.6 is 0 Å². The second kappa shape index (κ2) is 4.85. The van der Waals surface area contributed by atoms with Gasteiger partial charge in [-0.25, -0.2) is 0 Å². The zero-order valence-electron chi connectivity index (χ0n) is 8.76. The highest BCUT2D eigenvalue weighted by Crippen LogP contribution is 2.06. The topological polar surface area (TPSA) is 59.5 Å². The SMILES string of the molecule is O=Cc1ccc(C(=O)N2CCOCC2)cn1. The first kappa shape index (κ1) is 10.8. The normalized spacial score (nSPS) is 15.9. The lowest BCUT2D eigenvalue weighted by molar-refractivity contribution is 0.0302. The summed E-state index contributed by atoms with van der Waals surface area (Å²) in [5, 5.41) is 0. The second-order valence-corrected chi connectivity index (χ2v) is 3.49. The maximum absolute atomic E-state index is 11.9. The van der Waals surface area contributed by atoms with Gasteiger partial charge in [-0.15, -0.1) is 0 Å². The van der Waals surface area contributed by atoms with Crippen LogP contribution in [0.25, 0.3) is 0 Å². The van der Waals surface area contributed by atoms with Crippen LogP contribution in [0.1, 0.15) is 20.8 Å². The Labute approximate surface area is 93.0 Å². The molecular weight excluding hydrogens is 208 g/mol. The Bertz CT molecular complexity index is 383. The van der Waals surface area contributed by atoms with Crippen molar-refractivity contribution in [1.29, 1.82) is 0 Å². The number of hydrogen-bond donors (Lipinski definition) is 0. The van der Waals surface area contributed by atoms with Crippen molar-refractivity contribution in [3.8, 4) is 0 Å². The Morgan fingerprint density at radius 2 is 2.12 bits per heavy atom. The zero-order valence-corrected chi connectivity index (χ0v) is 8.76. The molecule has 0 N–H and O–H groups in total. The second-order valence-electron chi connectivity index (χ2n) is 3.49. The van der Waals surface area contributed by atoms with E-state index in [0.717, 1.165) is 0 Å². The minimum absolute atomic E-state index is 0.0618. The van der Waals surface area contributed by atoms with Gasteiger partial charge >= 0.3 is 0 Å². The molecule has 0 unspecified atom stereocenters. The van der Waals surface area contributed by atoms with Gasteiger partial charge in [-0.05, 0) is 12.1 Å². The molecule has 2 heterocycles. The molecule has 2 rings (SSSR count). The highest BCUT2D eigenvalue weighted by atomic mass is 16.5. The third-order valence-electron chi connectivity index (χ3n) is 2.45. The van der Waals surface area contributed by atoms with Crippen molar-refractivity contribution in [3.05, 3.63) is 29.6 Å². The van der Waals surface area contributed by atoms with Crippen LogP contribution in [0.4, 0.5) is 0 Å². The molecule has 1 amide bonds. The van der Waals surface area contributed by atoms with E-state index in [1.165, 1.54) is 6.20 Å². The molecule has 5 heteroatoms. The van der Waals surface area contributed by atoms with Crippen molar-refractivity contribution in [1.82, 2.24) is 9.88 Å². The minimum atomic E-state index is -0.0618. The van der Waals surface area contributed by atoms with Crippen LogP contribution < -0.4 is 0 Å². The third kappa shape index (κ3) is 2.25. The minimum Gasteiger partial charge on any atom is -0.378 e. The highest BCUT2D eigenvalue weighted by molar-refractivity contribution is 5.94. The van der Waals surface area contributed by atoms with Gasteiger partial charge in [0.25, 0.3) is 5.91 Å². The van der Waals surface area contributed by atoms with Crippen molar-refractivity contribution < 1.29 is 14.3 Å². The van der Waals surface area contributed by atoms with E-state index in [1.54, 1.807) is 17.0 Å². The molecule has 16 heavy (non-hydrogen) atoms. The number of carbonyl (C=O) groups is 2. The molecule has 0 aliphatic carbocycles. The number of rotatable bonds is 2. The van der Waals surface area contributed by atoms with Crippen LogP contribution in [-0.4, -0.2) is 48.4 Å². The van der Waals surface area contributed by atoms with Gasteiger partial charge in [0, 0.05) is 19.3 Å². The molecule has 1 aromatic rings. The van der Waals surface area contributed by atoms with Gasteiger partial charge in [0.2, 0.25) is 0 Å². The standard InChI is InChI=1S/C11H12N2O3/c14-8-10-2-1-9(7-12-10)11(15)13-3-5-16-6-4-13/h1-2,7-8H,3-6H2. The van der Waals surface area contributed by atoms with Crippen molar-refractivity contribution >= 4 is 12.2 Å². The fourth-order valence-corrected chi connectivity index (χ4v) is 1.55. The predicted octanol–water partition coefficient (Wildman–Crippen LogP) is 0.367. The Hall–Kier alpha value is -1.75. The first-order valence-electron chi connectivity index (χ1n) is 5.09. The van der Waals surface area contributed by atoms with E-state index < -0.39 is 0 Å². The monoisotopic (exact) mass is 220 g/mol. The molecule has 0 radical (unpaired) electrons. The third-order valence-corrected chi connectivity index (χ3v) is 2.45. The molecule has 0 bridgehead atoms. The molecular formula is C11H12N2O3. The van der Waals surface area contributed by atoms with Crippen LogP contribution in [0.2, 0.25) is 0 Å². The van der Waals surface area contributed by atoms with Gasteiger partial charge in [-0.3, -0.25) is 14.6 Å². The Balaban J connectivity index is 2.10. The molecule has 1 saturated heterocycles. The van der Waals surface area contributed by atoms with Crippen molar-refractivity contribution in [2.24, 2.45) is 0 Å². The lowest BCUT2D eigenvalue weighted by Crippen LogP contribution is -2.40. The maximum atomic E-state index is 11.9. The van der Waals surface area contributed by atoms with Crippen LogP contribution in [0.5, 0.6) is 0 Å². The smallest absolute Gasteiger partial charge is 0.255 e. The summed E-state index contributed by atoms with van der Waals surface area (Å²) >= 11 is 0. The summed E-state index contributed by atoms with van der Waals surface area (Å²) in [7, 11) is 0.